The molecule has 0 radical (unpaired) electrons. The Morgan fingerprint density at radius 1 is 1.17 bits per heavy atom. The highest BCUT2D eigenvalue weighted by Gasteiger charge is 2.36. The number of aliphatic hydroxyl groups excluding tert-OH is 1. The van der Waals surface area contributed by atoms with Gasteiger partial charge in [-0.2, -0.15) is 0 Å². The van der Waals surface area contributed by atoms with E-state index in [-0.39, 0.29) is 5.43 Å². The molecule has 5 nitrogen and oxygen atoms in total. The van der Waals surface area contributed by atoms with Gasteiger partial charge in [0.05, 0.1) is 29.6 Å². The fourth-order valence-corrected chi connectivity index (χ4v) is 4.62. The summed E-state index contributed by atoms with van der Waals surface area (Å²) in [6, 6.07) is 13.7. The van der Waals surface area contributed by atoms with Crippen LogP contribution in [-0.2, 0) is 7.05 Å². The fraction of sp³-hybridized carbons (Fsp3) is 0.292. The van der Waals surface area contributed by atoms with E-state index in [1.54, 1.807) is 13.2 Å². The standard InChI is InChI=1S/C24H23NO4/c1-24(2)12-17(26)20-19(29-24)11-18(28-4)21-22(20)25(3)16-10-14-8-6-5-7-13(14)9-15(16)23(21)27/h5-11,17,26H,12H2,1-4H3. The van der Waals surface area contributed by atoms with Crippen molar-refractivity contribution in [1.82, 2.24) is 4.57 Å². The number of fused-ring (bicyclic) bond motifs is 5. The predicted octanol–water partition coefficient (Wildman–Crippen LogP) is 4.45. The lowest BCUT2D eigenvalue weighted by atomic mass is 9.89. The van der Waals surface area contributed by atoms with Crippen LogP contribution in [0.4, 0.5) is 0 Å². The molecule has 2 heterocycles. The minimum atomic E-state index is -0.731. The Balaban J connectivity index is 2.01. The second kappa shape index (κ2) is 5.97. The van der Waals surface area contributed by atoms with Crippen molar-refractivity contribution in [3.8, 4) is 11.5 Å². The molecule has 5 rings (SSSR count). The summed E-state index contributed by atoms with van der Waals surface area (Å²) in [7, 11) is 3.47. The molecule has 1 unspecified atom stereocenters. The summed E-state index contributed by atoms with van der Waals surface area (Å²) >= 11 is 0. The molecule has 4 aromatic rings. The van der Waals surface area contributed by atoms with Crippen LogP contribution in [0.1, 0.15) is 31.9 Å². The van der Waals surface area contributed by atoms with Crippen molar-refractivity contribution in [3.63, 3.8) is 0 Å². The first-order valence-electron chi connectivity index (χ1n) is 9.74. The van der Waals surface area contributed by atoms with Crippen LogP contribution in [0.5, 0.6) is 11.5 Å². The smallest absolute Gasteiger partial charge is 0.201 e. The van der Waals surface area contributed by atoms with Crippen LogP contribution in [-0.4, -0.2) is 22.4 Å². The highest BCUT2D eigenvalue weighted by atomic mass is 16.5. The van der Waals surface area contributed by atoms with Crippen molar-refractivity contribution in [1.29, 1.82) is 0 Å². The second-order valence-electron chi connectivity index (χ2n) is 8.40. The molecule has 1 aliphatic heterocycles. The molecule has 0 amide bonds. The zero-order valence-electron chi connectivity index (χ0n) is 16.9. The molecule has 1 aromatic heterocycles. The average Bonchev–Trinajstić information content (AvgIpc) is 2.68. The number of aromatic nitrogens is 1. The average molecular weight is 389 g/mol. The summed E-state index contributed by atoms with van der Waals surface area (Å²) in [5.74, 6) is 1.02. The molecule has 29 heavy (non-hydrogen) atoms. The third kappa shape index (κ3) is 2.54. The summed E-state index contributed by atoms with van der Waals surface area (Å²) in [6.45, 7) is 3.89. The van der Waals surface area contributed by atoms with Crippen molar-refractivity contribution in [2.24, 2.45) is 7.05 Å². The van der Waals surface area contributed by atoms with Crippen LogP contribution in [0.25, 0.3) is 32.6 Å². The number of pyridine rings is 1. The van der Waals surface area contributed by atoms with E-state index in [0.717, 1.165) is 16.3 Å². The second-order valence-corrected chi connectivity index (χ2v) is 8.40. The maximum absolute atomic E-state index is 13.6. The van der Waals surface area contributed by atoms with Gasteiger partial charge in [-0.05, 0) is 36.8 Å². The molecule has 3 aromatic carbocycles. The van der Waals surface area contributed by atoms with E-state index in [0.29, 0.717) is 39.8 Å². The lowest BCUT2D eigenvalue weighted by Gasteiger charge is -2.36. The Kier molecular flexibility index (Phi) is 3.71. The van der Waals surface area contributed by atoms with E-state index in [1.807, 2.05) is 61.9 Å². The maximum Gasteiger partial charge on any atom is 0.201 e. The summed E-state index contributed by atoms with van der Waals surface area (Å²) < 4.78 is 13.7. The SMILES string of the molecule is COc1cc2c(c3c1c(=O)c1cc4ccccc4cc1n3C)C(O)CC(C)(C)O2. The van der Waals surface area contributed by atoms with Crippen LogP contribution in [0, 0.1) is 0 Å². The highest BCUT2D eigenvalue weighted by molar-refractivity contribution is 6.04. The molecule has 5 heteroatoms. The number of hydrogen-bond donors (Lipinski definition) is 1. The first-order chi connectivity index (χ1) is 13.8. The van der Waals surface area contributed by atoms with Crippen LogP contribution < -0.4 is 14.9 Å². The minimum absolute atomic E-state index is 0.101. The summed E-state index contributed by atoms with van der Waals surface area (Å²) in [5.41, 5.74) is 1.52. The maximum atomic E-state index is 13.6. The van der Waals surface area contributed by atoms with Crippen LogP contribution in [0.3, 0.4) is 0 Å². The Hall–Kier alpha value is -3.05. The lowest BCUT2D eigenvalue weighted by Crippen LogP contribution is -2.35. The van der Waals surface area contributed by atoms with Gasteiger partial charge in [-0.1, -0.05) is 24.3 Å². The topological polar surface area (TPSA) is 60.7 Å². The van der Waals surface area contributed by atoms with Gasteiger partial charge in [-0.3, -0.25) is 4.79 Å². The number of aryl methyl sites for hydroxylation is 1. The summed E-state index contributed by atoms with van der Waals surface area (Å²) in [4.78, 5) is 13.6. The molecule has 0 saturated heterocycles. The zero-order chi connectivity index (χ0) is 20.5. The van der Waals surface area contributed by atoms with Crippen molar-refractivity contribution >= 4 is 32.6 Å². The molecule has 0 saturated carbocycles. The molecule has 0 aliphatic carbocycles. The van der Waals surface area contributed by atoms with Gasteiger partial charge in [0.15, 0.2) is 0 Å². The lowest BCUT2D eigenvalue weighted by molar-refractivity contribution is 0.0122. The third-order valence-electron chi connectivity index (χ3n) is 5.92. The molecule has 0 spiro atoms. The van der Waals surface area contributed by atoms with Gasteiger partial charge in [-0.25, -0.2) is 0 Å². The summed E-state index contributed by atoms with van der Waals surface area (Å²) in [6.07, 6.45) is -0.281. The number of nitrogens with zero attached hydrogens (tertiary/aromatic N) is 1. The van der Waals surface area contributed by atoms with Crippen LogP contribution in [0.2, 0.25) is 0 Å². The van der Waals surface area contributed by atoms with Gasteiger partial charge in [0, 0.05) is 30.5 Å². The van der Waals surface area contributed by atoms with Crippen molar-refractivity contribution in [2.75, 3.05) is 7.11 Å². The molecule has 0 bridgehead atoms. The first-order valence-corrected chi connectivity index (χ1v) is 9.74. The van der Waals surface area contributed by atoms with E-state index >= 15 is 0 Å². The van der Waals surface area contributed by atoms with E-state index in [9.17, 15) is 9.90 Å². The van der Waals surface area contributed by atoms with Gasteiger partial charge in [0.1, 0.15) is 17.1 Å². The molecule has 0 fully saturated rings. The highest BCUT2D eigenvalue weighted by Crippen LogP contribution is 2.46. The van der Waals surface area contributed by atoms with Crippen molar-refractivity contribution < 1.29 is 14.6 Å². The largest absolute Gasteiger partial charge is 0.496 e. The summed E-state index contributed by atoms with van der Waals surface area (Å²) in [5, 5.41) is 14.2. The number of ether oxygens (including phenoxy) is 2. The van der Waals surface area contributed by atoms with Crippen molar-refractivity contribution in [3.05, 3.63) is 58.3 Å². The zero-order valence-corrected chi connectivity index (χ0v) is 16.9. The third-order valence-corrected chi connectivity index (χ3v) is 5.92. The molecule has 148 valence electrons. The molecular formula is C24H23NO4. The number of rotatable bonds is 1. The number of methoxy groups -OCH3 is 1. The molecular weight excluding hydrogens is 366 g/mol. The van der Waals surface area contributed by atoms with Crippen LogP contribution >= 0.6 is 0 Å². The molecule has 1 aliphatic rings. The monoisotopic (exact) mass is 389 g/mol. The van der Waals surface area contributed by atoms with E-state index in [2.05, 4.69) is 0 Å². The van der Waals surface area contributed by atoms with Gasteiger partial charge in [-0.15, -0.1) is 0 Å². The first kappa shape index (κ1) is 18.0. The van der Waals surface area contributed by atoms with Gasteiger partial charge >= 0.3 is 0 Å². The Morgan fingerprint density at radius 2 is 1.86 bits per heavy atom. The number of hydrogen-bond acceptors (Lipinski definition) is 4. The van der Waals surface area contributed by atoms with Crippen molar-refractivity contribution in [2.45, 2.75) is 32.0 Å². The Labute approximate surface area is 168 Å². The van der Waals surface area contributed by atoms with E-state index in [1.165, 1.54) is 0 Å². The molecule has 1 N–H and O–H groups in total. The Morgan fingerprint density at radius 3 is 2.55 bits per heavy atom. The normalized spacial score (nSPS) is 18.0. The van der Waals surface area contributed by atoms with Crippen LogP contribution in [0.15, 0.2) is 47.3 Å². The predicted molar refractivity (Wildman–Crippen MR) is 115 cm³/mol. The number of benzene rings is 3. The number of aliphatic hydroxyl groups is 1. The quantitative estimate of drug-likeness (QED) is 0.489. The van der Waals surface area contributed by atoms with E-state index < -0.39 is 11.7 Å². The molecule has 1 atom stereocenters. The van der Waals surface area contributed by atoms with Gasteiger partial charge in [0.25, 0.3) is 0 Å². The fourth-order valence-electron chi connectivity index (χ4n) is 4.62. The van der Waals surface area contributed by atoms with E-state index in [4.69, 9.17) is 9.47 Å². The minimum Gasteiger partial charge on any atom is -0.496 e. The van der Waals surface area contributed by atoms with Gasteiger partial charge < -0.3 is 19.1 Å². The van der Waals surface area contributed by atoms with Gasteiger partial charge in [0.2, 0.25) is 5.43 Å². The Bertz CT molecular complexity index is 1370.